The number of nitrogens with zero attached hydrogens (tertiary/aromatic N) is 2. The fraction of sp³-hybridized carbons (Fsp3) is 0.444. The van der Waals surface area contributed by atoms with Crippen molar-refractivity contribution in [1.82, 2.24) is 15.1 Å². The number of amides is 1. The zero-order chi connectivity index (χ0) is 11.4. The summed E-state index contributed by atoms with van der Waals surface area (Å²) in [5.74, 6) is -1.22. The van der Waals surface area contributed by atoms with Gasteiger partial charge in [0.2, 0.25) is 5.91 Å². The predicted octanol–water partition coefficient (Wildman–Crippen LogP) is 0.0720. The Labute approximate surface area is 86.9 Å². The first-order valence-electron chi connectivity index (χ1n) is 4.46. The van der Waals surface area contributed by atoms with Crippen LogP contribution in [0.1, 0.15) is 24.9 Å². The Bertz CT molecular complexity index is 356. The van der Waals surface area contributed by atoms with E-state index in [2.05, 4.69) is 10.4 Å². The van der Waals surface area contributed by atoms with Crippen molar-refractivity contribution in [2.45, 2.75) is 19.4 Å². The molecule has 0 saturated heterocycles. The van der Waals surface area contributed by atoms with Crippen molar-refractivity contribution in [3.05, 3.63) is 18.0 Å². The highest BCUT2D eigenvalue weighted by molar-refractivity contribution is 5.75. The molecule has 0 bridgehead atoms. The van der Waals surface area contributed by atoms with Gasteiger partial charge in [-0.05, 0) is 0 Å². The summed E-state index contributed by atoms with van der Waals surface area (Å²) in [6, 6.07) is -0.520. The zero-order valence-electron chi connectivity index (χ0n) is 8.60. The Hall–Kier alpha value is -1.85. The monoisotopic (exact) mass is 211 g/mol. The number of aryl methyl sites for hydroxylation is 1. The SMILES string of the molecule is CC(=O)N[C@@H](CC(=O)O)c1cnn(C)c1. The van der Waals surface area contributed by atoms with Crippen LogP contribution in [0.15, 0.2) is 12.4 Å². The van der Waals surface area contributed by atoms with E-state index in [9.17, 15) is 9.59 Å². The van der Waals surface area contributed by atoms with Crippen molar-refractivity contribution in [3.8, 4) is 0 Å². The van der Waals surface area contributed by atoms with Gasteiger partial charge >= 0.3 is 5.97 Å². The topological polar surface area (TPSA) is 84.2 Å². The average molecular weight is 211 g/mol. The number of carboxylic acids is 1. The van der Waals surface area contributed by atoms with E-state index in [-0.39, 0.29) is 12.3 Å². The van der Waals surface area contributed by atoms with Crippen molar-refractivity contribution in [2.75, 3.05) is 0 Å². The highest BCUT2D eigenvalue weighted by Gasteiger charge is 2.17. The lowest BCUT2D eigenvalue weighted by atomic mass is 10.1. The van der Waals surface area contributed by atoms with Gasteiger partial charge in [0.1, 0.15) is 0 Å². The molecule has 15 heavy (non-hydrogen) atoms. The molecule has 0 aliphatic rings. The number of hydrogen-bond donors (Lipinski definition) is 2. The molecule has 1 rings (SSSR count). The third-order valence-electron chi connectivity index (χ3n) is 1.88. The Kier molecular flexibility index (Phi) is 3.43. The Morgan fingerprint density at radius 3 is 2.73 bits per heavy atom. The first kappa shape index (κ1) is 11.2. The maximum atomic E-state index is 10.9. The molecule has 0 radical (unpaired) electrons. The van der Waals surface area contributed by atoms with Crippen LogP contribution in [0.5, 0.6) is 0 Å². The zero-order valence-corrected chi connectivity index (χ0v) is 8.60. The number of rotatable bonds is 4. The van der Waals surface area contributed by atoms with Crippen LogP contribution in [0.2, 0.25) is 0 Å². The average Bonchev–Trinajstić information content (AvgIpc) is 2.48. The quantitative estimate of drug-likeness (QED) is 0.738. The third kappa shape index (κ3) is 3.41. The Balaban J connectivity index is 2.80. The molecule has 1 atom stereocenters. The largest absolute Gasteiger partial charge is 0.481 e. The molecular formula is C9H13N3O3. The maximum Gasteiger partial charge on any atom is 0.305 e. The van der Waals surface area contributed by atoms with Crippen LogP contribution in [-0.4, -0.2) is 26.8 Å². The van der Waals surface area contributed by atoms with Gasteiger partial charge in [-0.15, -0.1) is 0 Å². The van der Waals surface area contributed by atoms with Gasteiger partial charge in [-0.1, -0.05) is 0 Å². The lowest BCUT2D eigenvalue weighted by Crippen LogP contribution is -2.27. The van der Waals surface area contributed by atoms with Gasteiger partial charge in [-0.25, -0.2) is 0 Å². The molecule has 2 N–H and O–H groups in total. The molecule has 1 aromatic heterocycles. The molecule has 1 amide bonds. The molecule has 6 nitrogen and oxygen atoms in total. The summed E-state index contributed by atoms with van der Waals surface area (Å²) in [6.07, 6.45) is 3.08. The predicted molar refractivity (Wildman–Crippen MR) is 52.0 cm³/mol. The summed E-state index contributed by atoms with van der Waals surface area (Å²) in [5, 5.41) is 15.2. The van der Waals surface area contributed by atoms with E-state index in [4.69, 9.17) is 5.11 Å². The van der Waals surface area contributed by atoms with Crippen LogP contribution < -0.4 is 5.32 Å². The Morgan fingerprint density at radius 2 is 2.33 bits per heavy atom. The smallest absolute Gasteiger partial charge is 0.305 e. The second kappa shape index (κ2) is 4.59. The van der Waals surface area contributed by atoms with Crippen LogP contribution >= 0.6 is 0 Å². The molecule has 0 saturated carbocycles. The van der Waals surface area contributed by atoms with E-state index in [0.717, 1.165) is 0 Å². The van der Waals surface area contributed by atoms with E-state index in [1.54, 1.807) is 24.1 Å². The number of carbonyl (C=O) groups excluding carboxylic acids is 1. The summed E-state index contributed by atoms with van der Waals surface area (Å²) < 4.78 is 1.56. The molecule has 1 aromatic rings. The summed E-state index contributed by atoms with van der Waals surface area (Å²) in [5.41, 5.74) is 0.690. The first-order chi connectivity index (χ1) is 6.99. The van der Waals surface area contributed by atoms with E-state index < -0.39 is 12.0 Å². The fourth-order valence-electron chi connectivity index (χ4n) is 1.29. The van der Waals surface area contributed by atoms with Crippen molar-refractivity contribution < 1.29 is 14.7 Å². The fourth-order valence-corrected chi connectivity index (χ4v) is 1.29. The van der Waals surface area contributed by atoms with E-state index in [0.29, 0.717) is 5.56 Å². The van der Waals surface area contributed by atoms with Crippen LogP contribution in [0.3, 0.4) is 0 Å². The summed E-state index contributed by atoms with van der Waals surface area (Å²) in [4.78, 5) is 21.5. The van der Waals surface area contributed by atoms with E-state index in [1.807, 2.05) is 0 Å². The maximum absolute atomic E-state index is 10.9. The normalized spacial score (nSPS) is 12.1. The lowest BCUT2D eigenvalue weighted by Gasteiger charge is -2.13. The third-order valence-corrected chi connectivity index (χ3v) is 1.88. The van der Waals surface area contributed by atoms with Gasteiger partial charge in [0.15, 0.2) is 0 Å². The molecule has 6 heteroatoms. The molecule has 0 aliphatic carbocycles. The minimum atomic E-state index is -0.961. The molecule has 82 valence electrons. The standard InChI is InChI=1S/C9H13N3O3/c1-6(13)11-8(3-9(14)15)7-4-10-12(2)5-7/h4-5,8H,3H2,1-2H3,(H,11,13)(H,14,15)/t8-/m0/s1. The molecular weight excluding hydrogens is 198 g/mol. The number of aliphatic carboxylic acids is 1. The van der Waals surface area contributed by atoms with Crippen molar-refractivity contribution in [1.29, 1.82) is 0 Å². The number of aromatic nitrogens is 2. The molecule has 0 spiro atoms. The Morgan fingerprint density at radius 1 is 1.67 bits per heavy atom. The molecule has 0 unspecified atom stereocenters. The van der Waals surface area contributed by atoms with Crippen LogP contribution in [-0.2, 0) is 16.6 Å². The van der Waals surface area contributed by atoms with Crippen LogP contribution in [0.25, 0.3) is 0 Å². The van der Waals surface area contributed by atoms with Gasteiger partial charge in [-0.3, -0.25) is 14.3 Å². The van der Waals surface area contributed by atoms with Crippen molar-refractivity contribution in [2.24, 2.45) is 7.05 Å². The highest BCUT2D eigenvalue weighted by Crippen LogP contribution is 2.15. The summed E-state index contributed by atoms with van der Waals surface area (Å²) in [7, 11) is 1.73. The molecule has 0 aliphatic heterocycles. The second-order valence-corrected chi connectivity index (χ2v) is 3.30. The highest BCUT2D eigenvalue weighted by atomic mass is 16.4. The lowest BCUT2D eigenvalue weighted by molar-refractivity contribution is -0.137. The van der Waals surface area contributed by atoms with Gasteiger partial charge in [0, 0.05) is 25.7 Å². The van der Waals surface area contributed by atoms with Gasteiger partial charge in [-0.2, -0.15) is 5.10 Å². The molecule has 1 heterocycles. The molecule has 0 aromatic carbocycles. The minimum Gasteiger partial charge on any atom is -0.481 e. The van der Waals surface area contributed by atoms with Crippen LogP contribution in [0.4, 0.5) is 0 Å². The number of hydrogen-bond acceptors (Lipinski definition) is 3. The van der Waals surface area contributed by atoms with Crippen LogP contribution in [0, 0.1) is 0 Å². The molecule has 0 fully saturated rings. The van der Waals surface area contributed by atoms with Gasteiger partial charge in [0.05, 0.1) is 18.7 Å². The first-order valence-corrected chi connectivity index (χ1v) is 4.46. The number of carboxylic acid groups (broad SMARTS) is 1. The van der Waals surface area contributed by atoms with Gasteiger partial charge < -0.3 is 10.4 Å². The van der Waals surface area contributed by atoms with Crippen molar-refractivity contribution in [3.63, 3.8) is 0 Å². The minimum absolute atomic E-state index is 0.148. The summed E-state index contributed by atoms with van der Waals surface area (Å²) >= 11 is 0. The summed E-state index contributed by atoms with van der Waals surface area (Å²) in [6.45, 7) is 1.35. The van der Waals surface area contributed by atoms with E-state index >= 15 is 0 Å². The number of nitrogens with one attached hydrogen (secondary N) is 1. The van der Waals surface area contributed by atoms with Crippen molar-refractivity contribution >= 4 is 11.9 Å². The van der Waals surface area contributed by atoms with E-state index in [1.165, 1.54) is 6.92 Å². The van der Waals surface area contributed by atoms with Gasteiger partial charge in [0.25, 0.3) is 0 Å². The number of carbonyl (C=O) groups is 2. The second-order valence-electron chi connectivity index (χ2n) is 3.30.